The standard InChI is InChI=1S/C25H29N3O5S4/c1-16(2)26-36(30,31)19-11-9-18(10-12-19)28(25(29)21-7-5-6-8-23(21)34)22-14-13-20(15-24(22)35)37(32,33)27-17(3)4/h5-7,9-14,16-17,26-27H,8,15H2,1-4H3. The van der Waals surface area contributed by atoms with E-state index in [1.54, 1.807) is 39.8 Å². The third-order valence-corrected chi connectivity index (χ3v) is 9.42. The van der Waals surface area contributed by atoms with Crippen LogP contribution in [0, 0.1) is 0 Å². The number of thiocarbonyl (C=S) groups is 2. The summed E-state index contributed by atoms with van der Waals surface area (Å²) in [5.74, 6) is -0.445. The Morgan fingerprint density at radius 1 is 0.865 bits per heavy atom. The highest BCUT2D eigenvalue weighted by atomic mass is 32.2. The van der Waals surface area contributed by atoms with Crippen LogP contribution in [0.1, 0.15) is 40.5 Å². The summed E-state index contributed by atoms with van der Waals surface area (Å²) >= 11 is 11.0. The molecule has 0 unspecified atom stereocenters. The molecule has 0 fully saturated rings. The van der Waals surface area contributed by atoms with Gasteiger partial charge in [0.05, 0.1) is 21.1 Å². The van der Waals surface area contributed by atoms with E-state index in [4.69, 9.17) is 24.4 Å². The van der Waals surface area contributed by atoms with Crippen molar-refractivity contribution in [1.29, 1.82) is 0 Å². The van der Waals surface area contributed by atoms with E-state index in [0.29, 0.717) is 28.2 Å². The lowest BCUT2D eigenvalue weighted by Gasteiger charge is -2.29. The van der Waals surface area contributed by atoms with Crippen LogP contribution in [-0.4, -0.2) is 44.6 Å². The molecule has 12 heteroatoms. The predicted octanol–water partition coefficient (Wildman–Crippen LogP) is 3.83. The number of nitrogens with zero attached hydrogens (tertiary/aromatic N) is 1. The fraction of sp³-hybridized carbons (Fsp3) is 0.320. The summed E-state index contributed by atoms with van der Waals surface area (Å²) in [4.78, 5) is 16.0. The average molecular weight is 580 g/mol. The van der Waals surface area contributed by atoms with Gasteiger partial charge in [0.25, 0.3) is 5.91 Å². The molecule has 0 aliphatic heterocycles. The molecule has 2 aliphatic rings. The summed E-state index contributed by atoms with van der Waals surface area (Å²) in [5.41, 5.74) is 0.987. The van der Waals surface area contributed by atoms with Crippen molar-refractivity contribution in [2.75, 3.05) is 4.90 Å². The second-order valence-corrected chi connectivity index (χ2v) is 13.6. The Kier molecular flexibility index (Phi) is 9.14. The van der Waals surface area contributed by atoms with Gasteiger partial charge in [0.15, 0.2) is 0 Å². The van der Waals surface area contributed by atoms with E-state index in [0.717, 1.165) is 0 Å². The minimum Gasteiger partial charge on any atom is -0.276 e. The second kappa shape index (κ2) is 11.6. The molecule has 0 aromatic heterocycles. The molecular weight excluding hydrogens is 551 g/mol. The molecular formula is C25H29N3O5S4. The van der Waals surface area contributed by atoms with Gasteiger partial charge in [0.1, 0.15) is 0 Å². The van der Waals surface area contributed by atoms with Crippen molar-refractivity contribution < 1.29 is 21.6 Å². The van der Waals surface area contributed by atoms with Gasteiger partial charge in [0, 0.05) is 40.3 Å². The molecule has 0 bridgehead atoms. The first-order chi connectivity index (χ1) is 17.2. The summed E-state index contributed by atoms with van der Waals surface area (Å²) in [6, 6.07) is 5.23. The zero-order valence-electron chi connectivity index (χ0n) is 20.9. The Balaban J connectivity index is 2.09. The maximum absolute atomic E-state index is 13.8. The van der Waals surface area contributed by atoms with Gasteiger partial charge in [-0.25, -0.2) is 26.3 Å². The van der Waals surface area contributed by atoms with E-state index < -0.39 is 26.0 Å². The predicted molar refractivity (Wildman–Crippen MR) is 154 cm³/mol. The van der Waals surface area contributed by atoms with E-state index in [2.05, 4.69) is 9.44 Å². The summed E-state index contributed by atoms with van der Waals surface area (Å²) in [6.07, 6.45) is 8.49. The minimum absolute atomic E-state index is 0.0425. The van der Waals surface area contributed by atoms with Gasteiger partial charge in [-0.3, -0.25) is 9.69 Å². The molecule has 37 heavy (non-hydrogen) atoms. The SMILES string of the molecule is CC(C)NS(=O)(=O)C1=CC=C(N(C(=O)C2=CC=CCC2=S)c2ccc(S(=O)(=O)NC(C)C)cc2)C(=S)C1. The Morgan fingerprint density at radius 3 is 2.00 bits per heavy atom. The van der Waals surface area contributed by atoms with Crippen LogP contribution in [0.2, 0.25) is 0 Å². The van der Waals surface area contributed by atoms with Crippen LogP contribution in [-0.2, 0) is 24.8 Å². The number of carbonyl (C=O) groups excluding carboxylic acids is 1. The van der Waals surface area contributed by atoms with Gasteiger partial charge >= 0.3 is 0 Å². The molecule has 1 aromatic rings. The maximum atomic E-state index is 13.8. The summed E-state index contributed by atoms with van der Waals surface area (Å²) in [7, 11) is -7.49. The van der Waals surface area contributed by atoms with Crippen molar-refractivity contribution in [3.05, 3.63) is 70.8 Å². The van der Waals surface area contributed by atoms with E-state index in [-0.39, 0.29) is 33.2 Å². The van der Waals surface area contributed by atoms with Crippen LogP contribution >= 0.6 is 24.4 Å². The number of hydrogen-bond donors (Lipinski definition) is 2. The fourth-order valence-electron chi connectivity index (χ4n) is 3.71. The first-order valence-electron chi connectivity index (χ1n) is 11.6. The van der Waals surface area contributed by atoms with Crippen molar-refractivity contribution in [1.82, 2.24) is 9.44 Å². The van der Waals surface area contributed by atoms with Crippen molar-refractivity contribution in [3.63, 3.8) is 0 Å². The maximum Gasteiger partial charge on any atom is 0.264 e. The number of amides is 1. The lowest BCUT2D eigenvalue weighted by Crippen LogP contribution is -2.38. The lowest BCUT2D eigenvalue weighted by molar-refractivity contribution is -0.114. The molecule has 0 radical (unpaired) electrons. The third kappa shape index (κ3) is 6.95. The van der Waals surface area contributed by atoms with E-state index >= 15 is 0 Å². The molecule has 0 saturated heterocycles. The number of benzene rings is 1. The Bertz CT molecular complexity index is 1450. The Hall–Kier alpha value is -2.35. The van der Waals surface area contributed by atoms with Crippen LogP contribution in [0.25, 0.3) is 0 Å². The molecule has 3 rings (SSSR count). The van der Waals surface area contributed by atoms with Crippen LogP contribution in [0.3, 0.4) is 0 Å². The molecule has 8 nitrogen and oxygen atoms in total. The third-order valence-electron chi connectivity index (χ3n) is 5.26. The number of anilines is 1. The Morgan fingerprint density at radius 2 is 1.46 bits per heavy atom. The summed E-state index contributed by atoms with van der Waals surface area (Å²) < 4.78 is 55.6. The molecule has 1 aromatic carbocycles. The fourth-order valence-corrected chi connectivity index (χ4v) is 6.98. The van der Waals surface area contributed by atoms with Gasteiger partial charge in [-0.15, -0.1) is 0 Å². The molecule has 0 saturated carbocycles. The quantitative estimate of drug-likeness (QED) is 0.428. The number of nitrogens with one attached hydrogen (secondary N) is 2. The molecule has 198 valence electrons. The smallest absolute Gasteiger partial charge is 0.264 e. The normalized spacial score (nSPS) is 16.5. The van der Waals surface area contributed by atoms with Crippen molar-refractivity contribution in [2.24, 2.45) is 0 Å². The highest BCUT2D eigenvalue weighted by Crippen LogP contribution is 2.30. The van der Waals surface area contributed by atoms with E-state index in [1.807, 2.05) is 6.08 Å². The van der Waals surface area contributed by atoms with Crippen LogP contribution < -0.4 is 14.3 Å². The zero-order chi connectivity index (χ0) is 27.5. The largest absolute Gasteiger partial charge is 0.276 e. The minimum atomic E-state index is -3.75. The average Bonchev–Trinajstić information content (AvgIpc) is 2.79. The first-order valence-corrected chi connectivity index (χ1v) is 15.3. The van der Waals surface area contributed by atoms with Crippen LogP contribution in [0.15, 0.2) is 75.7 Å². The highest BCUT2D eigenvalue weighted by molar-refractivity contribution is 7.93. The second-order valence-electron chi connectivity index (χ2n) is 9.11. The van der Waals surface area contributed by atoms with E-state index in [1.165, 1.54) is 41.3 Å². The highest BCUT2D eigenvalue weighted by Gasteiger charge is 2.32. The van der Waals surface area contributed by atoms with Gasteiger partial charge in [-0.2, -0.15) is 0 Å². The number of allylic oxidation sites excluding steroid dienone is 7. The first kappa shape index (κ1) is 29.2. The van der Waals surface area contributed by atoms with Gasteiger partial charge in [-0.05, 0) is 70.2 Å². The topological polar surface area (TPSA) is 113 Å². The van der Waals surface area contributed by atoms with Crippen molar-refractivity contribution >= 4 is 65.8 Å². The van der Waals surface area contributed by atoms with Gasteiger partial charge in [-0.1, -0.05) is 36.6 Å². The van der Waals surface area contributed by atoms with Gasteiger partial charge in [0.2, 0.25) is 20.0 Å². The monoisotopic (exact) mass is 579 g/mol. The lowest BCUT2D eigenvalue weighted by atomic mass is 10.0. The zero-order valence-corrected chi connectivity index (χ0v) is 24.2. The van der Waals surface area contributed by atoms with Crippen molar-refractivity contribution in [2.45, 2.75) is 57.5 Å². The molecule has 0 atom stereocenters. The number of sulfonamides is 2. The Labute approximate surface area is 229 Å². The van der Waals surface area contributed by atoms with Crippen molar-refractivity contribution in [3.8, 4) is 0 Å². The summed E-state index contributed by atoms with van der Waals surface area (Å²) in [5, 5.41) is 0. The molecule has 0 spiro atoms. The van der Waals surface area contributed by atoms with E-state index in [9.17, 15) is 21.6 Å². The molecule has 2 N–H and O–H groups in total. The van der Waals surface area contributed by atoms with Crippen LogP contribution in [0.5, 0.6) is 0 Å². The number of carbonyl (C=O) groups is 1. The molecule has 0 heterocycles. The van der Waals surface area contributed by atoms with Crippen LogP contribution in [0.4, 0.5) is 5.69 Å². The molecule has 2 aliphatic carbocycles. The molecule has 1 amide bonds. The summed E-state index contributed by atoms with van der Waals surface area (Å²) in [6.45, 7) is 6.88. The number of hydrogen-bond acceptors (Lipinski definition) is 7. The van der Waals surface area contributed by atoms with Gasteiger partial charge < -0.3 is 0 Å². The number of rotatable bonds is 9.